The van der Waals surface area contributed by atoms with E-state index in [1.807, 2.05) is 42.5 Å². The molecule has 0 unspecified atom stereocenters. The summed E-state index contributed by atoms with van der Waals surface area (Å²) in [4.78, 5) is 35.3. The summed E-state index contributed by atoms with van der Waals surface area (Å²) in [5.74, 6) is -0.460. The number of rotatable bonds is 4. The van der Waals surface area contributed by atoms with Crippen molar-refractivity contribution < 1.29 is 9.59 Å². The van der Waals surface area contributed by atoms with Crippen LogP contribution in [0.4, 0.5) is 5.69 Å². The normalized spacial score (nSPS) is 12.5. The number of nitrogens with zero attached hydrogens (tertiary/aromatic N) is 3. The van der Waals surface area contributed by atoms with Crippen LogP contribution in [0.25, 0.3) is 0 Å². The first kappa shape index (κ1) is 16.9. The van der Waals surface area contributed by atoms with Gasteiger partial charge in [-0.05, 0) is 42.3 Å². The molecule has 0 atom stereocenters. The van der Waals surface area contributed by atoms with Crippen molar-refractivity contribution in [2.24, 2.45) is 0 Å². The molecule has 1 aromatic carbocycles. The monoisotopic (exact) mass is 358 g/mol. The minimum absolute atomic E-state index is 0.124. The highest BCUT2D eigenvalue weighted by molar-refractivity contribution is 6.08. The third-order valence-corrected chi connectivity index (χ3v) is 4.53. The van der Waals surface area contributed by atoms with E-state index in [1.165, 1.54) is 12.3 Å². The number of hydrogen-bond donors (Lipinski definition) is 1. The lowest BCUT2D eigenvalue weighted by molar-refractivity contribution is 0.0945. The Morgan fingerprint density at radius 3 is 2.70 bits per heavy atom. The summed E-state index contributed by atoms with van der Waals surface area (Å²) in [5.41, 5.74) is 3.51. The molecule has 0 aliphatic carbocycles. The molecule has 1 N–H and O–H groups in total. The number of amides is 2. The molecule has 1 aliphatic heterocycles. The van der Waals surface area contributed by atoms with Crippen LogP contribution in [0, 0.1) is 0 Å². The fraction of sp³-hybridized carbons (Fsp3) is 0.143. The highest BCUT2D eigenvalue weighted by Crippen LogP contribution is 2.28. The summed E-state index contributed by atoms with van der Waals surface area (Å²) in [6, 6.07) is 16.6. The van der Waals surface area contributed by atoms with Crippen LogP contribution in [-0.4, -0.2) is 28.3 Å². The molecule has 0 saturated carbocycles. The number of benzene rings is 1. The number of pyridine rings is 2. The van der Waals surface area contributed by atoms with Crippen LogP contribution in [-0.2, 0) is 13.0 Å². The zero-order valence-electron chi connectivity index (χ0n) is 14.6. The molecule has 27 heavy (non-hydrogen) atoms. The Balaban J connectivity index is 1.49. The molecule has 0 spiro atoms. The van der Waals surface area contributed by atoms with Crippen LogP contribution in [0.5, 0.6) is 0 Å². The molecule has 0 radical (unpaired) electrons. The summed E-state index contributed by atoms with van der Waals surface area (Å²) in [6.07, 6.45) is 4.00. The van der Waals surface area contributed by atoms with E-state index in [9.17, 15) is 9.59 Å². The van der Waals surface area contributed by atoms with Gasteiger partial charge < -0.3 is 10.2 Å². The van der Waals surface area contributed by atoms with Crippen molar-refractivity contribution in [3.63, 3.8) is 0 Å². The van der Waals surface area contributed by atoms with Gasteiger partial charge in [0.25, 0.3) is 11.8 Å². The van der Waals surface area contributed by atoms with Crippen molar-refractivity contribution in [2.45, 2.75) is 13.0 Å². The maximum Gasteiger partial charge on any atom is 0.270 e. The van der Waals surface area contributed by atoms with E-state index >= 15 is 0 Å². The van der Waals surface area contributed by atoms with E-state index in [0.717, 1.165) is 23.4 Å². The maximum atomic E-state index is 12.9. The molecule has 2 aromatic heterocycles. The number of fused-ring (bicyclic) bond motifs is 1. The van der Waals surface area contributed by atoms with E-state index < -0.39 is 0 Å². The molecule has 0 saturated heterocycles. The molecule has 0 bridgehead atoms. The first-order valence-corrected chi connectivity index (χ1v) is 8.76. The summed E-state index contributed by atoms with van der Waals surface area (Å²) in [6.45, 7) is 0.945. The lowest BCUT2D eigenvalue weighted by atomic mass is 10.1. The highest BCUT2D eigenvalue weighted by atomic mass is 16.2. The summed E-state index contributed by atoms with van der Waals surface area (Å²) >= 11 is 0. The standard InChI is InChI=1S/C21H18N4O2/c26-20(24-14-17-6-3-4-10-22-17)18-13-16(8-11-23-18)21(27)25-12-9-15-5-1-2-7-19(15)25/h1-8,10-11,13H,9,12,14H2,(H,24,26). The fourth-order valence-electron chi connectivity index (χ4n) is 3.16. The van der Waals surface area contributed by atoms with Crippen molar-refractivity contribution in [1.82, 2.24) is 15.3 Å². The van der Waals surface area contributed by atoms with Crippen LogP contribution in [0.2, 0.25) is 0 Å². The van der Waals surface area contributed by atoms with E-state index in [2.05, 4.69) is 15.3 Å². The second-order valence-corrected chi connectivity index (χ2v) is 6.27. The first-order chi connectivity index (χ1) is 13.2. The number of anilines is 1. The van der Waals surface area contributed by atoms with Crippen molar-refractivity contribution in [2.75, 3.05) is 11.4 Å². The minimum Gasteiger partial charge on any atom is -0.345 e. The average Bonchev–Trinajstić information content (AvgIpc) is 3.16. The first-order valence-electron chi connectivity index (χ1n) is 8.76. The summed E-state index contributed by atoms with van der Waals surface area (Å²) in [7, 11) is 0. The molecule has 3 aromatic rings. The van der Waals surface area contributed by atoms with Gasteiger partial charge >= 0.3 is 0 Å². The highest BCUT2D eigenvalue weighted by Gasteiger charge is 2.25. The van der Waals surface area contributed by atoms with Gasteiger partial charge in [-0.15, -0.1) is 0 Å². The van der Waals surface area contributed by atoms with Gasteiger partial charge in [0.05, 0.1) is 12.2 Å². The number of aromatic nitrogens is 2. The fourth-order valence-corrected chi connectivity index (χ4v) is 3.16. The predicted octanol–water partition coefficient (Wildman–Crippen LogP) is 2.61. The van der Waals surface area contributed by atoms with Gasteiger partial charge in [-0.3, -0.25) is 19.6 Å². The van der Waals surface area contributed by atoms with Crippen LogP contribution >= 0.6 is 0 Å². The van der Waals surface area contributed by atoms with E-state index in [4.69, 9.17) is 0 Å². The third-order valence-electron chi connectivity index (χ3n) is 4.53. The van der Waals surface area contributed by atoms with Crippen LogP contribution in [0.1, 0.15) is 32.1 Å². The molecule has 3 heterocycles. The van der Waals surface area contributed by atoms with Crippen molar-refractivity contribution in [3.05, 3.63) is 89.5 Å². The largest absolute Gasteiger partial charge is 0.345 e. The second-order valence-electron chi connectivity index (χ2n) is 6.27. The number of hydrogen-bond acceptors (Lipinski definition) is 4. The Morgan fingerprint density at radius 1 is 1.00 bits per heavy atom. The topological polar surface area (TPSA) is 75.2 Å². The number of para-hydroxylation sites is 1. The molecule has 134 valence electrons. The Labute approximate surface area is 156 Å². The Kier molecular flexibility index (Phi) is 4.61. The molecular formula is C21H18N4O2. The molecular weight excluding hydrogens is 340 g/mol. The summed E-state index contributed by atoms with van der Waals surface area (Å²) in [5, 5.41) is 2.78. The molecule has 4 rings (SSSR count). The Bertz CT molecular complexity index is 988. The van der Waals surface area contributed by atoms with Gasteiger partial charge in [0.2, 0.25) is 0 Å². The van der Waals surface area contributed by atoms with Gasteiger partial charge in [-0.25, -0.2) is 0 Å². The molecule has 2 amide bonds. The van der Waals surface area contributed by atoms with E-state index in [1.54, 1.807) is 17.2 Å². The van der Waals surface area contributed by atoms with E-state index in [0.29, 0.717) is 18.7 Å². The molecule has 0 fully saturated rings. The van der Waals surface area contributed by atoms with Gasteiger partial charge in [-0.2, -0.15) is 0 Å². The minimum atomic E-state index is -0.336. The van der Waals surface area contributed by atoms with Crippen LogP contribution < -0.4 is 10.2 Å². The van der Waals surface area contributed by atoms with Gasteiger partial charge in [0, 0.05) is 30.2 Å². The Morgan fingerprint density at radius 2 is 1.85 bits per heavy atom. The lowest BCUT2D eigenvalue weighted by Crippen LogP contribution is -2.30. The van der Waals surface area contributed by atoms with E-state index in [-0.39, 0.29) is 17.5 Å². The lowest BCUT2D eigenvalue weighted by Gasteiger charge is -2.17. The molecule has 6 heteroatoms. The van der Waals surface area contributed by atoms with Gasteiger partial charge in [0.1, 0.15) is 5.69 Å². The maximum absolute atomic E-state index is 12.9. The van der Waals surface area contributed by atoms with Crippen molar-refractivity contribution in [3.8, 4) is 0 Å². The molecule has 1 aliphatic rings. The van der Waals surface area contributed by atoms with Crippen LogP contribution in [0.15, 0.2) is 67.0 Å². The van der Waals surface area contributed by atoms with Gasteiger partial charge in [-0.1, -0.05) is 24.3 Å². The zero-order chi connectivity index (χ0) is 18.6. The predicted molar refractivity (Wildman–Crippen MR) is 101 cm³/mol. The smallest absolute Gasteiger partial charge is 0.270 e. The van der Waals surface area contributed by atoms with Crippen molar-refractivity contribution >= 4 is 17.5 Å². The average molecular weight is 358 g/mol. The summed E-state index contributed by atoms with van der Waals surface area (Å²) < 4.78 is 0. The number of nitrogens with one attached hydrogen (secondary N) is 1. The third kappa shape index (κ3) is 3.55. The number of carbonyl (C=O) groups is 2. The number of carbonyl (C=O) groups excluding carboxylic acids is 2. The Hall–Kier alpha value is -3.54. The zero-order valence-corrected chi connectivity index (χ0v) is 14.6. The second kappa shape index (κ2) is 7.37. The molecule has 6 nitrogen and oxygen atoms in total. The van der Waals surface area contributed by atoms with Gasteiger partial charge in [0.15, 0.2) is 0 Å². The van der Waals surface area contributed by atoms with Crippen LogP contribution in [0.3, 0.4) is 0 Å². The van der Waals surface area contributed by atoms with Crippen molar-refractivity contribution in [1.29, 1.82) is 0 Å². The quantitative estimate of drug-likeness (QED) is 0.778. The SMILES string of the molecule is O=C(NCc1ccccn1)c1cc(C(=O)N2CCc3ccccc32)ccn1.